The van der Waals surface area contributed by atoms with E-state index in [1.54, 1.807) is 27.7 Å². The molecule has 0 saturated heterocycles. The highest BCUT2D eigenvalue weighted by molar-refractivity contribution is 5.79. The van der Waals surface area contributed by atoms with Crippen molar-refractivity contribution >= 4 is 23.8 Å². The molecule has 8 heteroatoms. The molecule has 0 N–H and O–H groups in total. The Morgan fingerprint density at radius 1 is 0.788 bits per heavy atom. The lowest BCUT2D eigenvalue weighted by Gasteiger charge is -2.39. The SMILES string of the molecule is CCCCCCCCCCCC1=NC(C)(C(OC(=O)CC)(OC(=O)CC)OC(=O)CC)CO1. The Morgan fingerprint density at radius 3 is 1.64 bits per heavy atom. The third-order valence-corrected chi connectivity index (χ3v) is 5.66. The molecule has 1 aliphatic rings. The Labute approximate surface area is 198 Å². The summed E-state index contributed by atoms with van der Waals surface area (Å²) >= 11 is 0. The van der Waals surface area contributed by atoms with E-state index in [4.69, 9.17) is 18.9 Å². The molecule has 0 saturated carbocycles. The van der Waals surface area contributed by atoms with E-state index in [0.29, 0.717) is 12.3 Å². The van der Waals surface area contributed by atoms with Gasteiger partial charge in [0, 0.05) is 25.7 Å². The summed E-state index contributed by atoms with van der Waals surface area (Å²) in [6.07, 6.45) is 11.5. The summed E-state index contributed by atoms with van der Waals surface area (Å²) in [7, 11) is 0. The van der Waals surface area contributed by atoms with E-state index >= 15 is 0 Å². The van der Waals surface area contributed by atoms with Gasteiger partial charge in [-0.3, -0.25) is 14.4 Å². The zero-order chi connectivity index (χ0) is 24.7. The molecule has 0 bridgehead atoms. The van der Waals surface area contributed by atoms with Crippen molar-refractivity contribution in [1.82, 2.24) is 0 Å². The number of rotatable bonds is 17. The fraction of sp³-hybridized carbons (Fsp3) is 0.840. The first kappa shape index (κ1) is 28.9. The van der Waals surface area contributed by atoms with Gasteiger partial charge in [-0.15, -0.1) is 0 Å². The number of ether oxygens (including phenoxy) is 4. The van der Waals surface area contributed by atoms with Gasteiger partial charge in [-0.25, -0.2) is 4.99 Å². The topological polar surface area (TPSA) is 100 Å². The first-order chi connectivity index (χ1) is 15.8. The van der Waals surface area contributed by atoms with Crippen LogP contribution in [0.4, 0.5) is 0 Å². The van der Waals surface area contributed by atoms with Crippen molar-refractivity contribution < 1.29 is 33.3 Å². The van der Waals surface area contributed by atoms with Crippen molar-refractivity contribution in [2.24, 2.45) is 4.99 Å². The average molecular weight is 470 g/mol. The van der Waals surface area contributed by atoms with Crippen LogP contribution >= 0.6 is 0 Å². The number of nitrogens with zero attached hydrogens (tertiary/aromatic N) is 1. The molecule has 0 aromatic rings. The van der Waals surface area contributed by atoms with Crippen LogP contribution in [-0.4, -0.2) is 41.9 Å². The average Bonchev–Trinajstić information content (AvgIpc) is 3.19. The van der Waals surface area contributed by atoms with E-state index < -0.39 is 29.4 Å². The molecular formula is C25H43NO7. The van der Waals surface area contributed by atoms with Gasteiger partial charge < -0.3 is 18.9 Å². The molecule has 1 atom stereocenters. The summed E-state index contributed by atoms with van der Waals surface area (Å²) in [5.74, 6) is -3.84. The minimum atomic E-state index is -2.31. The van der Waals surface area contributed by atoms with Gasteiger partial charge in [0.1, 0.15) is 6.61 Å². The Bertz CT molecular complexity index is 616. The summed E-state index contributed by atoms with van der Waals surface area (Å²) in [4.78, 5) is 41.2. The maximum absolute atomic E-state index is 12.2. The molecule has 8 nitrogen and oxygen atoms in total. The molecule has 1 aliphatic heterocycles. The predicted octanol–water partition coefficient (Wildman–Crippen LogP) is 5.61. The minimum absolute atomic E-state index is 0.0149. The highest BCUT2D eigenvalue weighted by atomic mass is 16.9. The summed E-state index contributed by atoms with van der Waals surface area (Å²) in [5.41, 5.74) is -1.40. The van der Waals surface area contributed by atoms with E-state index in [2.05, 4.69) is 11.9 Å². The van der Waals surface area contributed by atoms with Gasteiger partial charge in [-0.05, 0) is 13.3 Å². The minimum Gasteiger partial charge on any atom is -0.478 e. The van der Waals surface area contributed by atoms with Crippen LogP contribution in [0.5, 0.6) is 0 Å². The first-order valence-corrected chi connectivity index (χ1v) is 12.6. The molecule has 0 aliphatic carbocycles. The van der Waals surface area contributed by atoms with Gasteiger partial charge in [0.05, 0.1) is 0 Å². The second kappa shape index (κ2) is 14.9. The predicted molar refractivity (Wildman–Crippen MR) is 126 cm³/mol. The molecule has 0 spiro atoms. The quantitative estimate of drug-likeness (QED) is 0.155. The van der Waals surface area contributed by atoms with E-state index in [0.717, 1.165) is 19.3 Å². The lowest BCUT2D eigenvalue weighted by Crippen LogP contribution is -2.60. The highest BCUT2D eigenvalue weighted by Crippen LogP contribution is 2.38. The highest BCUT2D eigenvalue weighted by Gasteiger charge is 2.62. The maximum Gasteiger partial charge on any atom is 0.453 e. The molecular weight excluding hydrogens is 426 g/mol. The number of carbonyl (C=O) groups is 3. The van der Waals surface area contributed by atoms with Crippen LogP contribution in [0.3, 0.4) is 0 Å². The Balaban J connectivity index is 2.84. The second-order valence-corrected chi connectivity index (χ2v) is 8.69. The molecule has 0 aromatic carbocycles. The Kier molecular flexibility index (Phi) is 13.1. The normalized spacial score (nSPS) is 17.8. The second-order valence-electron chi connectivity index (χ2n) is 8.69. The molecule has 0 aromatic heterocycles. The molecule has 190 valence electrons. The van der Waals surface area contributed by atoms with Crippen LogP contribution < -0.4 is 0 Å². The van der Waals surface area contributed by atoms with Gasteiger partial charge in [0.15, 0.2) is 5.90 Å². The zero-order valence-corrected chi connectivity index (χ0v) is 21.2. The smallest absolute Gasteiger partial charge is 0.453 e. The van der Waals surface area contributed by atoms with Crippen molar-refractivity contribution in [3.8, 4) is 0 Å². The lowest BCUT2D eigenvalue weighted by molar-refractivity contribution is -0.355. The number of carbonyl (C=O) groups excluding carboxylic acids is 3. The standard InChI is InChI=1S/C25H43NO7/c1-6-10-11-12-13-14-15-16-17-18-20-26-24(5,19-30-20)25(31-21(27)7-2,32-22(28)8-3)33-23(29)9-4/h6-19H2,1-5H3. The van der Waals surface area contributed by atoms with Crippen LogP contribution in [0.15, 0.2) is 4.99 Å². The van der Waals surface area contributed by atoms with Crippen LogP contribution in [0.1, 0.15) is 118 Å². The third-order valence-electron chi connectivity index (χ3n) is 5.66. The number of hydrogen-bond donors (Lipinski definition) is 0. The molecule has 0 amide bonds. The molecule has 0 fully saturated rings. The molecule has 1 rings (SSSR count). The van der Waals surface area contributed by atoms with Gasteiger partial charge in [-0.1, -0.05) is 79.1 Å². The third kappa shape index (κ3) is 9.33. The lowest BCUT2D eigenvalue weighted by atomic mass is 10.0. The fourth-order valence-electron chi connectivity index (χ4n) is 3.49. The largest absolute Gasteiger partial charge is 0.478 e. The van der Waals surface area contributed by atoms with E-state index in [1.165, 1.54) is 38.5 Å². The van der Waals surface area contributed by atoms with Crippen LogP contribution in [0.2, 0.25) is 0 Å². The van der Waals surface area contributed by atoms with Crippen molar-refractivity contribution in [2.45, 2.75) is 130 Å². The van der Waals surface area contributed by atoms with Crippen molar-refractivity contribution in [2.75, 3.05) is 6.61 Å². The van der Waals surface area contributed by atoms with Gasteiger partial charge >= 0.3 is 23.9 Å². The van der Waals surface area contributed by atoms with Crippen LogP contribution in [0, 0.1) is 0 Å². The van der Waals surface area contributed by atoms with E-state index in [-0.39, 0.29) is 25.9 Å². The van der Waals surface area contributed by atoms with Crippen LogP contribution in [-0.2, 0) is 33.3 Å². The van der Waals surface area contributed by atoms with Gasteiger partial charge in [0.25, 0.3) is 0 Å². The summed E-state index contributed by atoms with van der Waals surface area (Å²) in [6.45, 7) is 8.58. The van der Waals surface area contributed by atoms with E-state index in [1.807, 2.05) is 0 Å². The molecule has 33 heavy (non-hydrogen) atoms. The number of unbranched alkanes of at least 4 members (excludes halogenated alkanes) is 8. The fourth-order valence-corrected chi connectivity index (χ4v) is 3.49. The molecule has 1 heterocycles. The number of hydrogen-bond acceptors (Lipinski definition) is 8. The zero-order valence-electron chi connectivity index (χ0n) is 21.2. The van der Waals surface area contributed by atoms with Gasteiger partial charge in [-0.2, -0.15) is 0 Å². The van der Waals surface area contributed by atoms with Crippen molar-refractivity contribution in [3.63, 3.8) is 0 Å². The van der Waals surface area contributed by atoms with Crippen molar-refractivity contribution in [3.05, 3.63) is 0 Å². The first-order valence-electron chi connectivity index (χ1n) is 12.6. The molecule has 1 unspecified atom stereocenters. The van der Waals surface area contributed by atoms with Crippen molar-refractivity contribution in [1.29, 1.82) is 0 Å². The Morgan fingerprint density at radius 2 is 1.21 bits per heavy atom. The Hall–Kier alpha value is -2.12. The van der Waals surface area contributed by atoms with E-state index in [9.17, 15) is 14.4 Å². The summed E-state index contributed by atoms with van der Waals surface area (Å²) < 4.78 is 22.1. The monoisotopic (exact) mass is 469 g/mol. The maximum atomic E-state index is 12.2. The molecule has 0 radical (unpaired) electrons. The van der Waals surface area contributed by atoms with Gasteiger partial charge in [0.2, 0.25) is 5.54 Å². The number of aliphatic imine (C=N–C) groups is 1. The summed E-state index contributed by atoms with van der Waals surface area (Å²) in [6, 6.07) is 0. The number of esters is 3. The van der Waals surface area contributed by atoms with Crippen LogP contribution in [0.25, 0.3) is 0 Å². The summed E-state index contributed by atoms with van der Waals surface area (Å²) in [5, 5.41) is 0.